The molecule has 1 aliphatic rings. The Morgan fingerprint density at radius 1 is 1.18 bits per heavy atom. The maximum Gasteiger partial charge on any atom is 0.408 e. The molecule has 9 nitrogen and oxygen atoms in total. The number of ether oxygens (including phenoxy) is 2. The molecule has 3 N–H and O–H groups in total. The van der Waals surface area contributed by atoms with E-state index in [0.29, 0.717) is 22.7 Å². The highest BCUT2D eigenvalue weighted by Crippen LogP contribution is 2.32. The van der Waals surface area contributed by atoms with Gasteiger partial charge in [-0.2, -0.15) is 0 Å². The number of carbonyl (C=O) groups excluding carboxylic acids is 3. The number of carbonyl (C=O) groups is 3. The summed E-state index contributed by atoms with van der Waals surface area (Å²) in [4.78, 5) is 41.4. The van der Waals surface area contributed by atoms with Crippen LogP contribution in [0.25, 0.3) is 0 Å². The predicted octanol–water partition coefficient (Wildman–Crippen LogP) is 4.31. The molecule has 1 heterocycles. The van der Waals surface area contributed by atoms with Crippen molar-refractivity contribution in [3.8, 4) is 0 Å². The van der Waals surface area contributed by atoms with E-state index in [1.54, 1.807) is 6.92 Å². The zero-order valence-electron chi connectivity index (χ0n) is 20.1. The zero-order valence-corrected chi connectivity index (χ0v) is 21.0. The second-order valence-corrected chi connectivity index (χ2v) is 10.8. The molecule has 3 rings (SSSR count). The Hall–Kier alpha value is -3.14. The summed E-state index contributed by atoms with van der Waals surface area (Å²) < 4.78 is 10.5. The SMILES string of the molecule is CC(NC(=O)OCc1ccccc1)c1ncc(C(=O)NC2CC(C)(NC(=O)OC(C)(C)C)C2)s1. The quantitative estimate of drug-likeness (QED) is 0.535. The van der Waals surface area contributed by atoms with Crippen LogP contribution < -0.4 is 16.0 Å². The number of nitrogens with one attached hydrogen (secondary N) is 3. The Bertz CT molecular complexity index is 1010. The van der Waals surface area contributed by atoms with Crippen LogP contribution in [-0.2, 0) is 16.1 Å². The van der Waals surface area contributed by atoms with E-state index in [4.69, 9.17) is 9.47 Å². The Balaban J connectivity index is 1.42. The van der Waals surface area contributed by atoms with Gasteiger partial charge in [0.05, 0.1) is 12.2 Å². The molecule has 1 fully saturated rings. The number of hydrogen-bond acceptors (Lipinski definition) is 7. The lowest BCUT2D eigenvalue weighted by Gasteiger charge is -2.45. The standard InChI is InChI=1S/C24H32N4O5S/c1-15(26-21(30)32-14-16-9-7-6-8-10-16)20-25-13-18(34-20)19(29)27-17-11-24(5,12-17)28-22(31)33-23(2,3)4/h6-10,13,15,17H,11-12,14H2,1-5H3,(H,26,30)(H,27,29)(H,28,31). The first-order valence-corrected chi connectivity index (χ1v) is 12.0. The van der Waals surface area contributed by atoms with Crippen molar-refractivity contribution < 1.29 is 23.9 Å². The van der Waals surface area contributed by atoms with Crippen molar-refractivity contribution in [3.05, 3.63) is 52.0 Å². The summed E-state index contributed by atoms with van der Waals surface area (Å²) in [6.07, 6.45) is 1.70. The Morgan fingerprint density at radius 2 is 1.85 bits per heavy atom. The summed E-state index contributed by atoms with van der Waals surface area (Å²) in [6.45, 7) is 9.32. The van der Waals surface area contributed by atoms with Crippen LogP contribution in [0.3, 0.4) is 0 Å². The van der Waals surface area contributed by atoms with E-state index in [9.17, 15) is 14.4 Å². The smallest absolute Gasteiger partial charge is 0.408 e. The molecule has 1 saturated carbocycles. The van der Waals surface area contributed by atoms with Gasteiger partial charge < -0.3 is 25.4 Å². The summed E-state index contributed by atoms with van der Waals surface area (Å²) >= 11 is 1.22. The summed E-state index contributed by atoms with van der Waals surface area (Å²) in [5, 5.41) is 9.18. The van der Waals surface area contributed by atoms with Gasteiger partial charge in [0.1, 0.15) is 22.1 Å². The first-order chi connectivity index (χ1) is 15.9. The van der Waals surface area contributed by atoms with Crippen LogP contribution in [0.15, 0.2) is 36.5 Å². The van der Waals surface area contributed by atoms with Crippen LogP contribution in [0.2, 0.25) is 0 Å². The summed E-state index contributed by atoms with van der Waals surface area (Å²) in [5.74, 6) is -0.230. The van der Waals surface area contributed by atoms with Crippen molar-refractivity contribution in [1.29, 1.82) is 0 Å². The molecule has 10 heteroatoms. The van der Waals surface area contributed by atoms with Crippen molar-refractivity contribution in [3.63, 3.8) is 0 Å². The molecule has 0 spiro atoms. The molecule has 0 bridgehead atoms. The van der Waals surface area contributed by atoms with Gasteiger partial charge >= 0.3 is 12.2 Å². The fraction of sp³-hybridized carbons (Fsp3) is 0.500. The maximum absolute atomic E-state index is 12.6. The normalized spacial score (nSPS) is 20.4. The second-order valence-electron chi connectivity index (χ2n) is 9.76. The number of alkyl carbamates (subject to hydrolysis) is 2. The Labute approximate surface area is 203 Å². The van der Waals surface area contributed by atoms with E-state index >= 15 is 0 Å². The minimum Gasteiger partial charge on any atom is -0.445 e. The maximum atomic E-state index is 12.6. The van der Waals surface area contributed by atoms with Crippen LogP contribution in [-0.4, -0.2) is 40.3 Å². The Morgan fingerprint density at radius 3 is 2.50 bits per heavy atom. The zero-order chi connectivity index (χ0) is 24.9. The first-order valence-electron chi connectivity index (χ1n) is 11.2. The van der Waals surface area contributed by atoms with Crippen molar-refractivity contribution in [1.82, 2.24) is 20.9 Å². The number of nitrogens with zero attached hydrogens (tertiary/aromatic N) is 1. The lowest BCUT2D eigenvalue weighted by atomic mass is 9.74. The van der Waals surface area contributed by atoms with Crippen LogP contribution in [0.1, 0.15) is 73.7 Å². The minimum atomic E-state index is -0.563. The van der Waals surface area contributed by atoms with Crippen LogP contribution >= 0.6 is 11.3 Å². The summed E-state index contributed by atoms with van der Waals surface area (Å²) in [7, 11) is 0. The van der Waals surface area contributed by atoms with Crippen molar-refractivity contribution >= 4 is 29.4 Å². The van der Waals surface area contributed by atoms with E-state index < -0.39 is 29.4 Å². The van der Waals surface area contributed by atoms with E-state index in [0.717, 1.165) is 5.56 Å². The van der Waals surface area contributed by atoms with Crippen LogP contribution in [0.5, 0.6) is 0 Å². The van der Waals surface area contributed by atoms with Crippen LogP contribution in [0.4, 0.5) is 9.59 Å². The topological polar surface area (TPSA) is 119 Å². The van der Waals surface area contributed by atoms with Crippen molar-refractivity contribution in [2.24, 2.45) is 0 Å². The monoisotopic (exact) mass is 488 g/mol. The average Bonchev–Trinajstić information content (AvgIpc) is 3.21. The lowest BCUT2D eigenvalue weighted by Crippen LogP contribution is -2.62. The van der Waals surface area contributed by atoms with Gasteiger partial charge in [-0.15, -0.1) is 11.3 Å². The molecule has 0 aliphatic heterocycles. The summed E-state index contributed by atoms with van der Waals surface area (Å²) in [6, 6.07) is 8.95. The third kappa shape index (κ3) is 7.44. The van der Waals surface area contributed by atoms with E-state index in [1.165, 1.54) is 17.5 Å². The van der Waals surface area contributed by atoms with Crippen LogP contribution in [0, 0.1) is 0 Å². The molecule has 2 aromatic rings. The first kappa shape index (κ1) is 25.5. The van der Waals surface area contributed by atoms with Gasteiger partial charge in [-0.3, -0.25) is 4.79 Å². The third-order valence-electron chi connectivity index (χ3n) is 5.20. The average molecular weight is 489 g/mol. The molecule has 1 aromatic carbocycles. The Kier molecular flexibility index (Phi) is 7.81. The van der Waals surface area contributed by atoms with Crippen molar-refractivity contribution in [2.45, 2.75) is 77.3 Å². The van der Waals surface area contributed by atoms with Gasteiger partial charge in [-0.25, -0.2) is 14.6 Å². The molecule has 34 heavy (non-hydrogen) atoms. The molecule has 0 radical (unpaired) electrons. The number of amides is 3. The molecule has 1 unspecified atom stereocenters. The highest BCUT2D eigenvalue weighted by Gasteiger charge is 2.43. The molecule has 3 amide bonds. The van der Waals surface area contributed by atoms with Gasteiger partial charge in [0.25, 0.3) is 5.91 Å². The largest absolute Gasteiger partial charge is 0.445 e. The number of hydrogen-bond donors (Lipinski definition) is 3. The molecule has 1 aliphatic carbocycles. The molecular weight excluding hydrogens is 456 g/mol. The van der Waals surface area contributed by atoms with Gasteiger partial charge in [0.15, 0.2) is 0 Å². The molecule has 0 saturated heterocycles. The molecular formula is C24H32N4O5S. The number of benzene rings is 1. The third-order valence-corrected chi connectivity index (χ3v) is 6.38. The highest BCUT2D eigenvalue weighted by atomic mass is 32.1. The molecule has 1 aromatic heterocycles. The number of rotatable bonds is 7. The van der Waals surface area contributed by atoms with Crippen molar-refractivity contribution in [2.75, 3.05) is 0 Å². The highest BCUT2D eigenvalue weighted by molar-refractivity contribution is 7.13. The number of thiazole rings is 1. The van der Waals surface area contributed by atoms with Gasteiger partial charge in [0.2, 0.25) is 0 Å². The van der Waals surface area contributed by atoms with Gasteiger partial charge in [-0.05, 0) is 53.0 Å². The fourth-order valence-corrected chi connectivity index (χ4v) is 4.46. The van der Waals surface area contributed by atoms with Gasteiger partial charge in [0, 0.05) is 11.6 Å². The predicted molar refractivity (Wildman–Crippen MR) is 129 cm³/mol. The minimum absolute atomic E-state index is 0.0542. The van der Waals surface area contributed by atoms with E-state index in [2.05, 4.69) is 20.9 Å². The molecule has 184 valence electrons. The summed E-state index contributed by atoms with van der Waals surface area (Å²) in [5.41, 5.74) is -0.0869. The van der Waals surface area contributed by atoms with E-state index in [-0.39, 0.29) is 18.6 Å². The number of aromatic nitrogens is 1. The van der Waals surface area contributed by atoms with Gasteiger partial charge in [-0.1, -0.05) is 30.3 Å². The second kappa shape index (κ2) is 10.4. The molecule has 1 atom stereocenters. The van der Waals surface area contributed by atoms with E-state index in [1.807, 2.05) is 58.0 Å². The lowest BCUT2D eigenvalue weighted by molar-refractivity contribution is 0.0365. The fourth-order valence-electron chi connectivity index (χ4n) is 3.63.